The van der Waals surface area contributed by atoms with Crippen molar-refractivity contribution in [2.24, 2.45) is 5.73 Å². The van der Waals surface area contributed by atoms with Crippen LogP contribution in [0.1, 0.15) is 19.4 Å². The van der Waals surface area contributed by atoms with Crippen LogP contribution in [0.25, 0.3) is 0 Å². The van der Waals surface area contributed by atoms with E-state index in [0.717, 1.165) is 0 Å². The molecule has 6 heteroatoms. The molecule has 0 amide bonds. The van der Waals surface area contributed by atoms with Gasteiger partial charge in [-0.15, -0.1) is 0 Å². The standard InChI is InChI=1S/C13H20FNO3S/c1-10(2)19(16,17)9-8-18-13-11(6-7-15)4-3-5-12(13)14/h3-5,10H,6-9,15H2,1-2H3. The molecule has 2 N–H and O–H groups in total. The van der Waals surface area contributed by atoms with Gasteiger partial charge in [0.2, 0.25) is 0 Å². The Morgan fingerprint density at radius 1 is 1.37 bits per heavy atom. The predicted molar refractivity (Wildman–Crippen MR) is 73.6 cm³/mol. The van der Waals surface area contributed by atoms with Crippen molar-refractivity contribution in [1.29, 1.82) is 0 Å². The van der Waals surface area contributed by atoms with Gasteiger partial charge in [0.05, 0.1) is 11.0 Å². The molecule has 0 saturated carbocycles. The zero-order valence-corrected chi connectivity index (χ0v) is 12.0. The number of rotatable bonds is 7. The third-order valence-corrected chi connectivity index (χ3v) is 4.97. The molecule has 4 nitrogen and oxygen atoms in total. The first-order chi connectivity index (χ1) is 8.88. The smallest absolute Gasteiger partial charge is 0.165 e. The maximum absolute atomic E-state index is 13.6. The molecule has 0 saturated heterocycles. The highest BCUT2D eigenvalue weighted by Gasteiger charge is 2.17. The molecule has 0 aromatic heterocycles. The Bertz CT molecular complexity index is 515. The lowest BCUT2D eigenvalue weighted by atomic mass is 10.1. The molecule has 0 aliphatic heterocycles. The molecule has 108 valence electrons. The van der Waals surface area contributed by atoms with Gasteiger partial charge in [-0.1, -0.05) is 12.1 Å². The lowest BCUT2D eigenvalue weighted by molar-refractivity contribution is 0.318. The second-order valence-corrected chi connectivity index (χ2v) is 7.21. The summed E-state index contributed by atoms with van der Waals surface area (Å²) in [5, 5.41) is -0.458. The van der Waals surface area contributed by atoms with Gasteiger partial charge in [-0.2, -0.15) is 0 Å². The van der Waals surface area contributed by atoms with E-state index in [0.29, 0.717) is 18.5 Å². The van der Waals surface area contributed by atoms with E-state index in [9.17, 15) is 12.8 Å². The Balaban J connectivity index is 2.73. The highest BCUT2D eigenvalue weighted by Crippen LogP contribution is 2.23. The van der Waals surface area contributed by atoms with Crippen molar-refractivity contribution in [1.82, 2.24) is 0 Å². The van der Waals surface area contributed by atoms with Gasteiger partial charge in [-0.3, -0.25) is 0 Å². The monoisotopic (exact) mass is 289 g/mol. The van der Waals surface area contributed by atoms with Crippen molar-refractivity contribution in [3.63, 3.8) is 0 Å². The number of sulfone groups is 1. The van der Waals surface area contributed by atoms with Gasteiger partial charge in [0, 0.05) is 0 Å². The second kappa shape index (κ2) is 6.86. The van der Waals surface area contributed by atoms with Gasteiger partial charge in [0.25, 0.3) is 0 Å². The fourth-order valence-corrected chi connectivity index (χ4v) is 2.35. The van der Waals surface area contributed by atoms with E-state index in [2.05, 4.69) is 0 Å². The lowest BCUT2D eigenvalue weighted by Crippen LogP contribution is -2.22. The molecule has 0 aliphatic rings. The molecule has 19 heavy (non-hydrogen) atoms. The Labute approximate surface area is 113 Å². The molecular weight excluding hydrogens is 269 g/mol. The lowest BCUT2D eigenvalue weighted by Gasteiger charge is -2.13. The van der Waals surface area contributed by atoms with Crippen molar-refractivity contribution in [3.05, 3.63) is 29.6 Å². The molecule has 0 atom stereocenters. The van der Waals surface area contributed by atoms with Gasteiger partial charge < -0.3 is 10.5 Å². The van der Waals surface area contributed by atoms with Crippen LogP contribution in [0, 0.1) is 5.82 Å². The molecule has 1 rings (SSSR count). The number of halogens is 1. The summed E-state index contributed by atoms with van der Waals surface area (Å²) in [6.07, 6.45) is 0.490. The number of hydrogen-bond donors (Lipinski definition) is 1. The summed E-state index contributed by atoms with van der Waals surface area (Å²) in [6, 6.07) is 4.59. The topological polar surface area (TPSA) is 69.4 Å². The van der Waals surface area contributed by atoms with Gasteiger partial charge in [-0.25, -0.2) is 12.8 Å². The fraction of sp³-hybridized carbons (Fsp3) is 0.538. The van der Waals surface area contributed by atoms with Crippen LogP contribution in [0.5, 0.6) is 5.75 Å². The van der Waals surface area contributed by atoms with E-state index < -0.39 is 20.9 Å². The van der Waals surface area contributed by atoms with Crippen LogP contribution in [0.4, 0.5) is 4.39 Å². The normalized spacial score (nSPS) is 11.8. The zero-order chi connectivity index (χ0) is 14.5. The van der Waals surface area contributed by atoms with Crippen molar-refractivity contribution in [2.45, 2.75) is 25.5 Å². The summed E-state index contributed by atoms with van der Waals surface area (Å²) < 4.78 is 42.2. The largest absolute Gasteiger partial charge is 0.489 e. The van der Waals surface area contributed by atoms with Crippen molar-refractivity contribution in [2.75, 3.05) is 18.9 Å². The molecule has 0 aliphatic carbocycles. The number of para-hydroxylation sites is 1. The molecule has 1 aromatic carbocycles. The molecule has 0 unspecified atom stereocenters. The SMILES string of the molecule is CC(C)S(=O)(=O)CCOc1c(F)cccc1CCN. The third-order valence-electron chi connectivity index (χ3n) is 2.79. The summed E-state index contributed by atoms with van der Waals surface area (Å²) >= 11 is 0. The first-order valence-electron chi connectivity index (χ1n) is 6.20. The maximum Gasteiger partial charge on any atom is 0.165 e. The molecule has 1 aromatic rings. The van der Waals surface area contributed by atoms with Crippen LogP contribution in [0.15, 0.2) is 18.2 Å². The summed E-state index contributed by atoms with van der Waals surface area (Å²) in [6.45, 7) is 3.54. The minimum absolute atomic E-state index is 0.0565. The maximum atomic E-state index is 13.6. The third kappa shape index (κ3) is 4.47. The fourth-order valence-electron chi connectivity index (χ4n) is 1.56. The first-order valence-corrected chi connectivity index (χ1v) is 7.92. The molecule has 0 spiro atoms. The average Bonchev–Trinajstić information content (AvgIpc) is 2.32. The van der Waals surface area contributed by atoms with Crippen molar-refractivity contribution >= 4 is 9.84 Å². The van der Waals surface area contributed by atoms with Gasteiger partial charge in [0.15, 0.2) is 21.4 Å². The number of ether oxygens (including phenoxy) is 1. The van der Waals surface area contributed by atoms with E-state index in [1.165, 1.54) is 6.07 Å². The Morgan fingerprint density at radius 2 is 2.05 bits per heavy atom. The molecular formula is C13H20FNO3S. The van der Waals surface area contributed by atoms with Crippen LogP contribution in [-0.4, -0.2) is 32.6 Å². The molecule has 0 fully saturated rings. The minimum atomic E-state index is -3.18. The quantitative estimate of drug-likeness (QED) is 0.826. The average molecular weight is 289 g/mol. The van der Waals surface area contributed by atoms with E-state index in [1.54, 1.807) is 26.0 Å². The molecule has 0 radical (unpaired) electrons. The molecule has 0 heterocycles. The van der Waals surface area contributed by atoms with Crippen LogP contribution >= 0.6 is 0 Å². The van der Waals surface area contributed by atoms with E-state index in [1.807, 2.05) is 0 Å². The van der Waals surface area contributed by atoms with Gasteiger partial charge in [-0.05, 0) is 38.4 Å². The number of nitrogens with two attached hydrogens (primary N) is 1. The Hall–Kier alpha value is -1.14. The van der Waals surface area contributed by atoms with E-state index in [4.69, 9.17) is 10.5 Å². The van der Waals surface area contributed by atoms with Gasteiger partial charge in [0.1, 0.15) is 6.61 Å². The first kappa shape index (κ1) is 15.9. The number of benzene rings is 1. The highest BCUT2D eigenvalue weighted by molar-refractivity contribution is 7.91. The Kier molecular flexibility index (Phi) is 5.75. The van der Waals surface area contributed by atoms with E-state index in [-0.39, 0.29) is 18.1 Å². The molecule has 0 bridgehead atoms. The summed E-state index contributed by atoms with van der Waals surface area (Å²) in [5.41, 5.74) is 6.10. The summed E-state index contributed by atoms with van der Waals surface area (Å²) in [4.78, 5) is 0. The van der Waals surface area contributed by atoms with E-state index >= 15 is 0 Å². The predicted octanol–water partition coefficient (Wildman–Crippen LogP) is 1.53. The second-order valence-electron chi connectivity index (χ2n) is 4.53. The summed E-state index contributed by atoms with van der Waals surface area (Å²) in [5.74, 6) is -0.513. The van der Waals surface area contributed by atoms with Crippen LogP contribution < -0.4 is 10.5 Å². The van der Waals surface area contributed by atoms with Crippen molar-refractivity contribution < 1.29 is 17.5 Å². The zero-order valence-electron chi connectivity index (χ0n) is 11.2. The van der Waals surface area contributed by atoms with Gasteiger partial charge >= 0.3 is 0 Å². The summed E-state index contributed by atoms with van der Waals surface area (Å²) in [7, 11) is -3.18. The van der Waals surface area contributed by atoms with Crippen molar-refractivity contribution in [3.8, 4) is 5.75 Å². The Morgan fingerprint density at radius 3 is 2.63 bits per heavy atom. The highest BCUT2D eigenvalue weighted by atomic mass is 32.2. The number of hydrogen-bond acceptors (Lipinski definition) is 4. The minimum Gasteiger partial charge on any atom is -0.489 e. The van der Waals surface area contributed by atoms with Crippen LogP contribution in [-0.2, 0) is 16.3 Å². The van der Waals surface area contributed by atoms with Crippen LogP contribution in [0.3, 0.4) is 0 Å². The van der Waals surface area contributed by atoms with Crippen LogP contribution in [0.2, 0.25) is 0 Å².